The monoisotopic (exact) mass is 562 g/mol. The van der Waals surface area contributed by atoms with Crippen molar-refractivity contribution in [3.05, 3.63) is 86.9 Å². The summed E-state index contributed by atoms with van der Waals surface area (Å²) in [5, 5.41) is 16.0. The number of aryl methyl sites for hydroxylation is 2. The van der Waals surface area contributed by atoms with E-state index in [0.717, 1.165) is 16.7 Å². The number of amides is 2. The first kappa shape index (κ1) is 27.4. The molecule has 3 aromatic rings. The highest BCUT2D eigenvalue weighted by atomic mass is 79.9. The van der Waals surface area contributed by atoms with Crippen LogP contribution >= 0.6 is 15.9 Å². The minimum absolute atomic E-state index is 0.191. The van der Waals surface area contributed by atoms with Crippen molar-refractivity contribution in [1.29, 1.82) is 5.26 Å². The Balaban J connectivity index is 1.61. The van der Waals surface area contributed by atoms with Gasteiger partial charge in [-0.25, -0.2) is 5.43 Å². The molecule has 0 aliphatic carbocycles. The Kier molecular flexibility index (Phi) is 9.81. The fourth-order valence-corrected chi connectivity index (χ4v) is 3.93. The molecule has 0 spiro atoms. The SMILES string of the molecule is CCOc1cc(C=NNC(=O)CC(=O)Nc2ccc(C)c(C)c2)cc(Br)c1OCc1ccccc1C#N. The Morgan fingerprint density at radius 2 is 1.84 bits per heavy atom. The van der Waals surface area contributed by atoms with E-state index in [0.29, 0.717) is 39.4 Å². The predicted molar refractivity (Wildman–Crippen MR) is 146 cm³/mol. The molecule has 0 saturated carbocycles. The highest BCUT2D eigenvalue weighted by Gasteiger charge is 2.14. The summed E-state index contributed by atoms with van der Waals surface area (Å²) in [6.45, 7) is 6.39. The largest absolute Gasteiger partial charge is 0.490 e. The molecule has 3 aromatic carbocycles. The summed E-state index contributed by atoms with van der Waals surface area (Å²) in [4.78, 5) is 24.3. The number of halogens is 1. The van der Waals surface area contributed by atoms with Crippen LogP contribution < -0.4 is 20.2 Å². The van der Waals surface area contributed by atoms with Crippen LogP contribution in [0.2, 0.25) is 0 Å². The molecule has 190 valence electrons. The van der Waals surface area contributed by atoms with E-state index in [2.05, 4.69) is 37.8 Å². The number of nitrogens with one attached hydrogen (secondary N) is 2. The number of hydrazone groups is 1. The molecule has 3 rings (SSSR count). The average molecular weight is 563 g/mol. The lowest BCUT2D eigenvalue weighted by atomic mass is 10.1. The number of ether oxygens (including phenoxy) is 2. The topological polar surface area (TPSA) is 113 Å². The molecular weight excluding hydrogens is 536 g/mol. The van der Waals surface area contributed by atoms with Gasteiger partial charge in [0.2, 0.25) is 11.8 Å². The van der Waals surface area contributed by atoms with Crippen LogP contribution in [0.3, 0.4) is 0 Å². The summed E-state index contributed by atoms with van der Waals surface area (Å²) in [7, 11) is 0. The minimum Gasteiger partial charge on any atom is -0.490 e. The van der Waals surface area contributed by atoms with Gasteiger partial charge in [0.05, 0.1) is 28.9 Å². The summed E-state index contributed by atoms with van der Waals surface area (Å²) in [5.41, 5.74) is 7.11. The van der Waals surface area contributed by atoms with Crippen molar-refractivity contribution in [3.63, 3.8) is 0 Å². The van der Waals surface area contributed by atoms with Crippen LogP contribution in [0, 0.1) is 25.2 Å². The van der Waals surface area contributed by atoms with Gasteiger partial charge in [-0.1, -0.05) is 24.3 Å². The highest BCUT2D eigenvalue weighted by molar-refractivity contribution is 9.10. The van der Waals surface area contributed by atoms with Crippen LogP contribution in [0.5, 0.6) is 11.5 Å². The van der Waals surface area contributed by atoms with Crippen molar-refractivity contribution in [2.24, 2.45) is 5.10 Å². The molecule has 0 bridgehead atoms. The van der Waals surface area contributed by atoms with Gasteiger partial charge in [0.1, 0.15) is 13.0 Å². The van der Waals surface area contributed by atoms with Gasteiger partial charge in [-0.2, -0.15) is 10.4 Å². The number of benzene rings is 3. The number of hydrogen-bond acceptors (Lipinski definition) is 6. The normalized spacial score (nSPS) is 10.6. The molecule has 0 atom stereocenters. The third-order valence-corrected chi connectivity index (χ3v) is 5.95. The lowest BCUT2D eigenvalue weighted by Gasteiger charge is -2.15. The van der Waals surface area contributed by atoms with E-state index in [1.54, 1.807) is 30.3 Å². The fraction of sp³-hybridized carbons (Fsp3) is 0.214. The molecular formula is C28H27BrN4O4. The molecule has 0 aromatic heterocycles. The Morgan fingerprint density at radius 1 is 1.05 bits per heavy atom. The molecule has 0 unspecified atom stereocenters. The smallest absolute Gasteiger partial charge is 0.249 e. The van der Waals surface area contributed by atoms with Crippen LogP contribution in [-0.4, -0.2) is 24.6 Å². The molecule has 0 saturated heterocycles. The average Bonchev–Trinajstić information content (AvgIpc) is 2.86. The van der Waals surface area contributed by atoms with Crippen LogP contribution in [0.15, 0.2) is 64.2 Å². The summed E-state index contributed by atoms with van der Waals surface area (Å²) in [6, 6.07) is 18.4. The number of carbonyl (C=O) groups is 2. The van der Waals surface area contributed by atoms with E-state index in [-0.39, 0.29) is 13.0 Å². The van der Waals surface area contributed by atoms with Crippen LogP contribution in [0.1, 0.15) is 41.2 Å². The van der Waals surface area contributed by atoms with Gasteiger partial charge in [0.25, 0.3) is 0 Å². The standard InChI is InChI=1S/C28H27BrN4O4/c1-4-36-25-13-20(12-24(29)28(25)37-17-22-8-6-5-7-21(22)15-30)16-31-33-27(35)14-26(34)32-23-10-9-18(2)19(3)11-23/h5-13,16H,4,14,17H2,1-3H3,(H,32,34)(H,33,35). The van der Waals surface area contributed by atoms with Crippen LogP contribution in [-0.2, 0) is 16.2 Å². The molecule has 8 nitrogen and oxygen atoms in total. The van der Waals surface area contributed by atoms with Gasteiger partial charge in [-0.05, 0) is 83.7 Å². The lowest BCUT2D eigenvalue weighted by Crippen LogP contribution is -2.24. The van der Waals surface area contributed by atoms with Gasteiger partial charge >= 0.3 is 0 Å². The van der Waals surface area contributed by atoms with E-state index < -0.39 is 11.8 Å². The maximum absolute atomic E-state index is 12.2. The van der Waals surface area contributed by atoms with Crippen molar-refractivity contribution in [3.8, 4) is 17.6 Å². The first-order valence-electron chi connectivity index (χ1n) is 11.6. The highest BCUT2D eigenvalue weighted by Crippen LogP contribution is 2.37. The second-order valence-corrected chi connectivity index (χ2v) is 8.99. The zero-order valence-electron chi connectivity index (χ0n) is 20.8. The third-order valence-electron chi connectivity index (χ3n) is 5.36. The second-order valence-electron chi connectivity index (χ2n) is 8.14. The molecule has 2 N–H and O–H groups in total. The summed E-state index contributed by atoms with van der Waals surface area (Å²) < 4.78 is 12.3. The Morgan fingerprint density at radius 3 is 2.57 bits per heavy atom. The maximum atomic E-state index is 12.2. The predicted octanol–water partition coefficient (Wildman–Crippen LogP) is 5.39. The maximum Gasteiger partial charge on any atom is 0.249 e. The lowest BCUT2D eigenvalue weighted by molar-refractivity contribution is -0.126. The number of carbonyl (C=O) groups excluding carboxylic acids is 2. The van der Waals surface area contributed by atoms with Gasteiger partial charge in [0.15, 0.2) is 11.5 Å². The molecule has 0 fully saturated rings. The van der Waals surface area contributed by atoms with Crippen molar-refractivity contribution in [2.45, 2.75) is 33.8 Å². The summed E-state index contributed by atoms with van der Waals surface area (Å²) >= 11 is 3.50. The van der Waals surface area contributed by atoms with E-state index in [4.69, 9.17) is 9.47 Å². The Labute approximate surface area is 224 Å². The van der Waals surface area contributed by atoms with E-state index in [1.165, 1.54) is 6.21 Å². The minimum atomic E-state index is -0.544. The van der Waals surface area contributed by atoms with E-state index >= 15 is 0 Å². The number of rotatable bonds is 10. The quantitative estimate of drug-likeness (QED) is 0.195. The van der Waals surface area contributed by atoms with Crippen LogP contribution in [0.25, 0.3) is 0 Å². The number of anilines is 1. The number of nitrogens with zero attached hydrogens (tertiary/aromatic N) is 2. The number of hydrogen-bond donors (Lipinski definition) is 2. The molecule has 9 heteroatoms. The molecule has 37 heavy (non-hydrogen) atoms. The third kappa shape index (κ3) is 7.92. The van der Waals surface area contributed by atoms with Crippen molar-refractivity contribution in [2.75, 3.05) is 11.9 Å². The molecule has 2 amide bonds. The molecule has 0 aliphatic rings. The van der Waals surface area contributed by atoms with Crippen LogP contribution in [0.4, 0.5) is 5.69 Å². The fourth-order valence-electron chi connectivity index (χ4n) is 3.36. The van der Waals surface area contributed by atoms with Gasteiger partial charge in [0, 0.05) is 11.3 Å². The molecule has 0 radical (unpaired) electrons. The van der Waals surface area contributed by atoms with Crippen molar-refractivity contribution < 1.29 is 19.1 Å². The first-order valence-corrected chi connectivity index (χ1v) is 12.4. The van der Waals surface area contributed by atoms with Crippen molar-refractivity contribution >= 4 is 39.6 Å². The summed E-state index contributed by atoms with van der Waals surface area (Å²) in [6.07, 6.45) is 1.08. The van der Waals surface area contributed by atoms with Gasteiger partial charge < -0.3 is 14.8 Å². The zero-order valence-corrected chi connectivity index (χ0v) is 22.4. The van der Waals surface area contributed by atoms with Crippen molar-refractivity contribution in [1.82, 2.24) is 5.43 Å². The van der Waals surface area contributed by atoms with E-state index in [1.807, 2.05) is 45.0 Å². The second kappa shape index (κ2) is 13.2. The van der Waals surface area contributed by atoms with Gasteiger partial charge in [-0.15, -0.1) is 0 Å². The van der Waals surface area contributed by atoms with Gasteiger partial charge in [-0.3, -0.25) is 9.59 Å². The summed E-state index contributed by atoms with van der Waals surface area (Å²) in [5.74, 6) is -0.0137. The molecule has 0 heterocycles. The molecule has 0 aliphatic heterocycles. The van der Waals surface area contributed by atoms with E-state index in [9.17, 15) is 14.9 Å². The Bertz CT molecular complexity index is 1360. The Hall–Kier alpha value is -4.16. The zero-order chi connectivity index (χ0) is 26.8. The number of nitriles is 1. The first-order chi connectivity index (χ1) is 17.8.